The number of thiocarbonyl (C=S) groups is 1. The van der Waals surface area contributed by atoms with Crippen molar-refractivity contribution >= 4 is 28.7 Å². The fourth-order valence-electron chi connectivity index (χ4n) is 2.06. The Morgan fingerprint density at radius 1 is 0.955 bits per heavy atom. The van der Waals surface area contributed by atoms with Crippen molar-refractivity contribution in [2.24, 2.45) is 0 Å². The van der Waals surface area contributed by atoms with Crippen molar-refractivity contribution in [3.05, 3.63) is 59.2 Å². The van der Waals surface area contributed by atoms with E-state index in [2.05, 4.69) is 10.6 Å². The van der Waals surface area contributed by atoms with Crippen LogP contribution in [0.2, 0.25) is 0 Å². The molecule has 0 amide bonds. The Kier molecular flexibility index (Phi) is 4.71. The van der Waals surface area contributed by atoms with Crippen molar-refractivity contribution in [1.29, 1.82) is 0 Å². The number of anilines is 2. The number of alkyl halides is 3. The minimum absolute atomic E-state index is 0.247. The number of nitrogens with one attached hydrogen (secondary N) is 2. The zero-order valence-electron chi connectivity index (χ0n) is 12.1. The molecule has 0 fully saturated rings. The van der Waals surface area contributed by atoms with Crippen LogP contribution in [-0.2, 0) is 6.18 Å². The van der Waals surface area contributed by atoms with Crippen LogP contribution in [-0.4, -0.2) is 5.11 Å². The molecule has 116 valence electrons. The summed E-state index contributed by atoms with van der Waals surface area (Å²) in [5.74, 6) is 0. The maximum atomic E-state index is 12.7. The van der Waals surface area contributed by atoms with Crippen molar-refractivity contribution in [1.82, 2.24) is 0 Å². The number of para-hydroxylation sites is 1. The molecule has 2 aromatic rings. The van der Waals surface area contributed by atoms with E-state index in [1.165, 1.54) is 12.1 Å². The number of rotatable bonds is 2. The fraction of sp³-hybridized carbons (Fsp3) is 0.188. The van der Waals surface area contributed by atoms with Gasteiger partial charge in [-0.3, -0.25) is 0 Å². The van der Waals surface area contributed by atoms with Crippen molar-refractivity contribution in [2.75, 3.05) is 10.6 Å². The summed E-state index contributed by atoms with van der Waals surface area (Å²) in [7, 11) is 0. The number of hydrogen-bond donors (Lipinski definition) is 2. The van der Waals surface area contributed by atoms with Gasteiger partial charge in [0, 0.05) is 11.4 Å². The molecular weight excluding hydrogens is 309 g/mol. The molecule has 0 unspecified atom stereocenters. The van der Waals surface area contributed by atoms with Gasteiger partial charge in [0.05, 0.1) is 5.56 Å². The van der Waals surface area contributed by atoms with Crippen LogP contribution in [0.3, 0.4) is 0 Å². The van der Waals surface area contributed by atoms with Gasteiger partial charge < -0.3 is 10.6 Å². The van der Waals surface area contributed by atoms with Crippen LogP contribution >= 0.6 is 12.2 Å². The first-order valence-corrected chi connectivity index (χ1v) is 6.99. The number of aryl methyl sites for hydroxylation is 2. The Labute approximate surface area is 132 Å². The molecule has 0 spiro atoms. The van der Waals surface area contributed by atoms with Crippen molar-refractivity contribution < 1.29 is 13.2 Å². The van der Waals surface area contributed by atoms with E-state index in [-0.39, 0.29) is 5.11 Å². The van der Waals surface area contributed by atoms with Crippen molar-refractivity contribution in [3.63, 3.8) is 0 Å². The lowest BCUT2D eigenvalue weighted by Crippen LogP contribution is -2.20. The van der Waals surface area contributed by atoms with Gasteiger partial charge in [-0.05, 0) is 55.4 Å². The summed E-state index contributed by atoms with van der Waals surface area (Å²) in [4.78, 5) is 0. The second kappa shape index (κ2) is 6.36. The van der Waals surface area contributed by atoms with Crippen LogP contribution < -0.4 is 10.6 Å². The summed E-state index contributed by atoms with van der Waals surface area (Å²) >= 11 is 5.17. The molecular formula is C16H15F3N2S. The van der Waals surface area contributed by atoms with E-state index in [0.29, 0.717) is 5.69 Å². The van der Waals surface area contributed by atoms with Crippen LogP contribution in [0.4, 0.5) is 24.5 Å². The topological polar surface area (TPSA) is 24.1 Å². The van der Waals surface area contributed by atoms with Crippen molar-refractivity contribution in [3.8, 4) is 0 Å². The molecule has 22 heavy (non-hydrogen) atoms. The number of hydrogen-bond acceptors (Lipinski definition) is 1. The maximum absolute atomic E-state index is 12.7. The first-order valence-electron chi connectivity index (χ1n) is 6.59. The second-order valence-corrected chi connectivity index (χ2v) is 5.33. The summed E-state index contributed by atoms with van der Waals surface area (Å²) in [6.07, 6.45) is -4.38. The van der Waals surface area contributed by atoms with Crippen LogP contribution in [0.25, 0.3) is 0 Å². The minimum Gasteiger partial charge on any atom is -0.332 e. The maximum Gasteiger partial charge on any atom is 0.416 e. The highest BCUT2D eigenvalue weighted by molar-refractivity contribution is 7.80. The van der Waals surface area contributed by atoms with Crippen LogP contribution in [0, 0.1) is 13.8 Å². The number of benzene rings is 2. The molecule has 0 atom stereocenters. The summed E-state index contributed by atoms with van der Waals surface area (Å²) in [6.45, 7) is 3.87. The minimum atomic E-state index is -4.38. The molecule has 6 heteroatoms. The molecule has 0 saturated carbocycles. The Hall–Kier alpha value is -2.08. The Morgan fingerprint density at radius 3 is 2.14 bits per heavy atom. The molecule has 2 rings (SSSR count). The standard InChI is InChI=1S/C16H15F3N2S/c1-10-5-3-6-11(2)14(10)21-15(22)20-13-8-4-7-12(9-13)16(17,18)19/h3-9H,1-2H3,(H2,20,21,22). The highest BCUT2D eigenvalue weighted by Crippen LogP contribution is 2.30. The van der Waals surface area contributed by atoms with Gasteiger partial charge >= 0.3 is 6.18 Å². The van der Waals surface area contributed by atoms with E-state index in [1.807, 2.05) is 32.0 Å². The molecule has 0 aliphatic rings. The summed E-state index contributed by atoms with van der Waals surface area (Å²) in [5.41, 5.74) is 2.44. The van der Waals surface area contributed by atoms with Crippen LogP contribution in [0.1, 0.15) is 16.7 Å². The quantitative estimate of drug-likeness (QED) is 0.749. The average Bonchev–Trinajstić information content (AvgIpc) is 2.42. The first-order chi connectivity index (χ1) is 10.3. The number of halogens is 3. The highest BCUT2D eigenvalue weighted by Gasteiger charge is 2.30. The van der Waals surface area contributed by atoms with Gasteiger partial charge in [0.1, 0.15) is 0 Å². The molecule has 2 aromatic carbocycles. The Morgan fingerprint density at radius 2 is 1.55 bits per heavy atom. The molecule has 0 bridgehead atoms. The van der Waals surface area contributed by atoms with E-state index >= 15 is 0 Å². The van der Waals surface area contributed by atoms with Gasteiger partial charge in [-0.2, -0.15) is 13.2 Å². The monoisotopic (exact) mass is 324 g/mol. The lowest BCUT2D eigenvalue weighted by molar-refractivity contribution is -0.137. The third-order valence-corrected chi connectivity index (χ3v) is 3.37. The molecule has 0 radical (unpaired) electrons. The van der Waals surface area contributed by atoms with Gasteiger partial charge in [0.15, 0.2) is 5.11 Å². The first kappa shape index (κ1) is 16.3. The van der Waals surface area contributed by atoms with Gasteiger partial charge in [-0.15, -0.1) is 0 Å². The van der Waals surface area contributed by atoms with E-state index in [1.54, 1.807) is 0 Å². The van der Waals surface area contributed by atoms with Gasteiger partial charge in [-0.1, -0.05) is 24.3 Å². The van der Waals surface area contributed by atoms with Gasteiger partial charge in [-0.25, -0.2) is 0 Å². The van der Waals surface area contributed by atoms with Crippen molar-refractivity contribution in [2.45, 2.75) is 20.0 Å². The summed E-state index contributed by atoms with van der Waals surface area (Å²) in [6, 6.07) is 10.7. The largest absolute Gasteiger partial charge is 0.416 e. The lowest BCUT2D eigenvalue weighted by atomic mass is 10.1. The molecule has 0 aromatic heterocycles. The van der Waals surface area contributed by atoms with E-state index < -0.39 is 11.7 Å². The highest BCUT2D eigenvalue weighted by atomic mass is 32.1. The molecule has 0 aliphatic carbocycles. The molecule has 2 N–H and O–H groups in total. The van der Waals surface area contributed by atoms with E-state index in [0.717, 1.165) is 28.9 Å². The Bertz CT molecular complexity index is 676. The van der Waals surface area contributed by atoms with Crippen LogP contribution in [0.5, 0.6) is 0 Å². The van der Waals surface area contributed by atoms with Gasteiger partial charge in [0.2, 0.25) is 0 Å². The van der Waals surface area contributed by atoms with E-state index in [9.17, 15) is 13.2 Å². The molecule has 0 saturated heterocycles. The average molecular weight is 324 g/mol. The predicted molar refractivity (Wildman–Crippen MR) is 87.2 cm³/mol. The summed E-state index contributed by atoms with van der Waals surface area (Å²) in [5, 5.41) is 6.05. The fourth-order valence-corrected chi connectivity index (χ4v) is 2.28. The van der Waals surface area contributed by atoms with Crippen LogP contribution in [0.15, 0.2) is 42.5 Å². The SMILES string of the molecule is Cc1cccc(C)c1NC(=S)Nc1cccc(C(F)(F)F)c1. The zero-order valence-corrected chi connectivity index (χ0v) is 12.9. The zero-order chi connectivity index (χ0) is 16.3. The molecule has 0 heterocycles. The predicted octanol–water partition coefficient (Wildman–Crippen LogP) is 5.13. The second-order valence-electron chi connectivity index (χ2n) is 4.92. The van der Waals surface area contributed by atoms with E-state index in [4.69, 9.17) is 12.2 Å². The third kappa shape index (κ3) is 3.98. The molecule has 2 nitrogen and oxygen atoms in total. The third-order valence-electron chi connectivity index (χ3n) is 3.17. The van der Waals surface area contributed by atoms with Gasteiger partial charge in [0.25, 0.3) is 0 Å². The smallest absolute Gasteiger partial charge is 0.332 e. The normalized spacial score (nSPS) is 11.1. The lowest BCUT2D eigenvalue weighted by Gasteiger charge is -2.15. The summed E-state index contributed by atoms with van der Waals surface area (Å²) < 4.78 is 38.0. The Balaban J connectivity index is 2.13. The molecule has 0 aliphatic heterocycles.